The van der Waals surface area contributed by atoms with Crippen molar-refractivity contribution in [3.8, 4) is 5.75 Å². The first kappa shape index (κ1) is 20.3. The summed E-state index contributed by atoms with van der Waals surface area (Å²) in [6.07, 6.45) is 1.45. The predicted molar refractivity (Wildman–Crippen MR) is 117 cm³/mol. The summed E-state index contributed by atoms with van der Waals surface area (Å²) in [5.74, 6) is 0.533. The number of nitrogens with zero attached hydrogens (tertiary/aromatic N) is 3. The molecule has 2 aromatic rings. The zero-order valence-corrected chi connectivity index (χ0v) is 17.5. The summed E-state index contributed by atoms with van der Waals surface area (Å²) in [7, 11) is 0. The van der Waals surface area contributed by atoms with Crippen molar-refractivity contribution in [2.75, 3.05) is 44.2 Å². The van der Waals surface area contributed by atoms with Gasteiger partial charge in [0.25, 0.3) is 5.91 Å². The first-order chi connectivity index (χ1) is 14.5. The van der Waals surface area contributed by atoms with Gasteiger partial charge in [0.2, 0.25) is 5.91 Å². The molecule has 0 unspecified atom stereocenters. The number of aromatic hydroxyl groups is 1. The molecule has 2 fully saturated rings. The van der Waals surface area contributed by atoms with Gasteiger partial charge in [-0.3, -0.25) is 9.59 Å². The van der Waals surface area contributed by atoms with Crippen molar-refractivity contribution in [2.45, 2.75) is 19.8 Å². The molecule has 2 saturated heterocycles. The van der Waals surface area contributed by atoms with E-state index in [9.17, 15) is 14.7 Å². The van der Waals surface area contributed by atoms with Gasteiger partial charge in [-0.2, -0.15) is 0 Å². The highest BCUT2D eigenvalue weighted by Gasteiger charge is 2.32. The van der Waals surface area contributed by atoms with E-state index in [-0.39, 0.29) is 23.5 Å². The van der Waals surface area contributed by atoms with E-state index in [4.69, 9.17) is 0 Å². The van der Waals surface area contributed by atoms with Crippen LogP contribution in [-0.2, 0) is 4.79 Å². The molecule has 2 heterocycles. The largest absolute Gasteiger partial charge is 0.508 e. The third-order valence-electron chi connectivity index (χ3n) is 6.22. The zero-order chi connectivity index (χ0) is 21.1. The van der Waals surface area contributed by atoms with E-state index < -0.39 is 0 Å². The van der Waals surface area contributed by atoms with E-state index in [1.165, 1.54) is 0 Å². The quantitative estimate of drug-likeness (QED) is 0.850. The number of hydrogen-bond donors (Lipinski definition) is 1. The van der Waals surface area contributed by atoms with Crippen molar-refractivity contribution in [1.29, 1.82) is 0 Å². The molecule has 30 heavy (non-hydrogen) atoms. The maximum absolute atomic E-state index is 13.0. The minimum absolute atomic E-state index is 0.000567. The van der Waals surface area contributed by atoms with Crippen LogP contribution in [-0.4, -0.2) is 66.0 Å². The van der Waals surface area contributed by atoms with Crippen LogP contribution in [0.4, 0.5) is 5.69 Å². The van der Waals surface area contributed by atoms with Crippen LogP contribution < -0.4 is 4.90 Å². The lowest BCUT2D eigenvalue weighted by Gasteiger charge is -2.39. The summed E-state index contributed by atoms with van der Waals surface area (Å²) in [5.41, 5.74) is 2.85. The average molecular weight is 408 g/mol. The lowest BCUT2D eigenvalue weighted by atomic mass is 9.94. The van der Waals surface area contributed by atoms with Crippen LogP contribution in [0.25, 0.3) is 0 Å². The summed E-state index contributed by atoms with van der Waals surface area (Å²) in [6, 6.07) is 14.9. The third-order valence-corrected chi connectivity index (χ3v) is 6.22. The maximum Gasteiger partial charge on any atom is 0.253 e. The van der Waals surface area contributed by atoms with Crippen LogP contribution in [0, 0.1) is 12.8 Å². The summed E-state index contributed by atoms with van der Waals surface area (Å²) >= 11 is 0. The van der Waals surface area contributed by atoms with Crippen molar-refractivity contribution in [3.05, 3.63) is 59.7 Å². The van der Waals surface area contributed by atoms with Crippen LogP contribution >= 0.6 is 0 Å². The van der Waals surface area contributed by atoms with Gasteiger partial charge in [-0.25, -0.2) is 0 Å². The Kier molecular flexibility index (Phi) is 5.93. The Bertz CT molecular complexity index is 896. The number of carbonyl (C=O) groups is 2. The molecular formula is C24H29N3O3. The SMILES string of the molecule is Cc1ccc(C(=O)N2CCC(C(=O)N3CCN(c4cccc(O)c4)CC3)CC2)cc1. The van der Waals surface area contributed by atoms with E-state index in [1.807, 2.05) is 53.1 Å². The van der Waals surface area contributed by atoms with Gasteiger partial charge in [0.05, 0.1) is 0 Å². The number of phenolic OH excluding ortho intramolecular Hbond substituents is 1. The van der Waals surface area contributed by atoms with Gasteiger partial charge < -0.3 is 19.8 Å². The lowest BCUT2D eigenvalue weighted by Crippen LogP contribution is -2.52. The van der Waals surface area contributed by atoms with Crippen LogP contribution in [0.3, 0.4) is 0 Å². The first-order valence-corrected chi connectivity index (χ1v) is 10.7. The Morgan fingerprint density at radius 2 is 1.53 bits per heavy atom. The number of anilines is 1. The highest BCUT2D eigenvalue weighted by atomic mass is 16.3. The Balaban J connectivity index is 1.27. The van der Waals surface area contributed by atoms with Crippen LogP contribution in [0.5, 0.6) is 5.75 Å². The number of aryl methyl sites for hydroxylation is 1. The Morgan fingerprint density at radius 1 is 0.867 bits per heavy atom. The van der Waals surface area contributed by atoms with E-state index in [0.29, 0.717) is 31.7 Å². The second kappa shape index (κ2) is 8.78. The highest BCUT2D eigenvalue weighted by molar-refractivity contribution is 5.94. The molecular weight excluding hydrogens is 378 g/mol. The molecule has 0 saturated carbocycles. The Labute approximate surface area is 177 Å². The molecule has 6 heteroatoms. The topological polar surface area (TPSA) is 64.1 Å². The first-order valence-electron chi connectivity index (χ1n) is 10.7. The van der Waals surface area contributed by atoms with Crippen molar-refractivity contribution in [2.24, 2.45) is 5.92 Å². The molecule has 2 amide bonds. The standard InChI is InChI=1S/C24H29N3O3/c1-18-5-7-19(8-6-18)23(29)26-11-9-20(10-12-26)24(30)27-15-13-25(14-16-27)21-3-2-4-22(28)17-21/h2-8,17,20,28H,9-16H2,1H3. The average Bonchev–Trinajstić information content (AvgIpc) is 2.79. The second-order valence-corrected chi connectivity index (χ2v) is 8.26. The predicted octanol–water partition coefficient (Wildman–Crippen LogP) is 2.90. The number of rotatable bonds is 3. The van der Waals surface area contributed by atoms with Crippen molar-refractivity contribution >= 4 is 17.5 Å². The van der Waals surface area contributed by atoms with Gasteiger partial charge in [0.15, 0.2) is 0 Å². The summed E-state index contributed by atoms with van der Waals surface area (Å²) in [5, 5.41) is 9.68. The number of piperazine rings is 1. The van der Waals surface area contributed by atoms with Crippen molar-refractivity contribution in [1.82, 2.24) is 9.80 Å². The lowest BCUT2D eigenvalue weighted by molar-refractivity contribution is -0.137. The third kappa shape index (κ3) is 4.42. The molecule has 2 aromatic carbocycles. The summed E-state index contributed by atoms with van der Waals surface area (Å²) in [4.78, 5) is 31.7. The van der Waals surface area contributed by atoms with Gasteiger partial charge in [0.1, 0.15) is 5.75 Å². The molecule has 2 aliphatic heterocycles. The van der Waals surface area contributed by atoms with E-state index in [2.05, 4.69) is 4.90 Å². The second-order valence-electron chi connectivity index (χ2n) is 8.26. The molecule has 0 aromatic heterocycles. The number of carbonyl (C=O) groups excluding carboxylic acids is 2. The molecule has 0 aliphatic carbocycles. The Hall–Kier alpha value is -3.02. The van der Waals surface area contributed by atoms with Crippen LogP contribution in [0.1, 0.15) is 28.8 Å². The number of hydrogen-bond acceptors (Lipinski definition) is 4. The number of piperidine rings is 1. The molecule has 1 N–H and O–H groups in total. The zero-order valence-electron chi connectivity index (χ0n) is 17.5. The normalized spacial score (nSPS) is 17.8. The number of phenols is 1. The number of likely N-dealkylation sites (tertiary alicyclic amines) is 1. The fourth-order valence-corrected chi connectivity index (χ4v) is 4.34. The molecule has 0 radical (unpaired) electrons. The fraction of sp³-hybridized carbons (Fsp3) is 0.417. The summed E-state index contributed by atoms with van der Waals surface area (Å²) in [6.45, 7) is 6.18. The molecule has 0 bridgehead atoms. The molecule has 2 aliphatic rings. The van der Waals surface area contributed by atoms with Crippen LogP contribution in [0.2, 0.25) is 0 Å². The van der Waals surface area contributed by atoms with Gasteiger partial charge in [-0.1, -0.05) is 23.8 Å². The van der Waals surface area contributed by atoms with E-state index >= 15 is 0 Å². The molecule has 158 valence electrons. The van der Waals surface area contributed by atoms with Gasteiger partial charge in [0, 0.05) is 62.5 Å². The van der Waals surface area contributed by atoms with Gasteiger partial charge >= 0.3 is 0 Å². The minimum atomic E-state index is -0.000567. The molecule has 6 nitrogen and oxygen atoms in total. The molecule has 4 rings (SSSR count). The minimum Gasteiger partial charge on any atom is -0.508 e. The maximum atomic E-state index is 13.0. The Morgan fingerprint density at radius 3 is 2.17 bits per heavy atom. The van der Waals surface area contributed by atoms with Crippen molar-refractivity contribution in [3.63, 3.8) is 0 Å². The van der Waals surface area contributed by atoms with Gasteiger partial charge in [-0.15, -0.1) is 0 Å². The molecule has 0 spiro atoms. The monoisotopic (exact) mass is 407 g/mol. The van der Waals surface area contributed by atoms with Crippen molar-refractivity contribution < 1.29 is 14.7 Å². The summed E-state index contributed by atoms with van der Waals surface area (Å²) < 4.78 is 0. The number of amides is 2. The fourth-order valence-electron chi connectivity index (χ4n) is 4.34. The van der Waals surface area contributed by atoms with Gasteiger partial charge in [-0.05, 0) is 44.0 Å². The van der Waals surface area contributed by atoms with E-state index in [0.717, 1.165) is 37.2 Å². The molecule has 0 atom stereocenters. The highest BCUT2D eigenvalue weighted by Crippen LogP contribution is 2.24. The van der Waals surface area contributed by atoms with Crippen LogP contribution in [0.15, 0.2) is 48.5 Å². The smallest absolute Gasteiger partial charge is 0.253 e. The van der Waals surface area contributed by atoms with E-state index in [1.54, 1.807) is 12.1 Å². The number of benzene rings is 2.